The van der Waals surface area contributed by atoms with Gasteiger partial charge in [0.1, 0.15) is 30.8 Å². The molecule has 7 N–H and O–H groups in total. The number of carbonyl (C=O) groups excluding carboxylic acids is 5. The fourth-order valence-electron chi connectivity index (χ4n) is 8.21. The number of Topliss-reactive ketones (excluding diaryl/α,β-unsaturated/α-hetero) is 3. The van der Waals surface area contributed by atoms with E-state index >= 15 is 0 Å². The number of benzene rings is 3. The minimum absolute atomic E-state index is 0.0270. The quantitative estimate of drug-likeness (QED) is 0.0750. The van der Waals surface area contributed by atoms with Gasteiger partial charge in [-0.1, -0.05) is 56.7 Å². The molecule has 4 aromatic rings. The van der Waals surface area contributed by atoms with Gasteiger partial charge >= 0.3 is 0 Å². The predicted octanol–water partition coefficient (Wildman–Crippen LogP) is 5.99. The van der Waals surface area contributed by atoms with Crippen LogP contribution in [0, 0.1) is 30.1 Å². The number of hydrogen-bond acceptors (Lipinski definition) is 12. The molecule has 0 spiro atoms. The van der Waals surface area contributed by atoms with Crippen LogP contribution in [0.15, 0.2) is 72.8 Å². The molecule has 5 rings (SSSR count). The summed E-state index contributed by atoms with van der Waals surface area (Å²) in [4.78, 5) is 76.9. The second kappa shape index (κ2) is 24.1. The van der Waals surface area contributed by atoms with Crippen molar-refractivity contribution in [2.75, 3.05) is 39.9 Å². The standard InChI is InChI=1S/C51H63N7O7/c1-5-6-8-34-10-13-36(14-11-34)42-17-16-39(33(3)56-42)45(60)31-38(20-22-53)51(63)58(4)49-37-15-19-48(65-26-24-55)41(30-37)40-28-35(12-18-47(40)64-25-23-54)29-43(44(59)9-7-21-52)57-50(62)32(2)27-46(49)61/h10-19,28,30,32,38,43,49H,5-9,20,22-27,29,31,53-55H2,1-4H3,(H,57,62)/t32-,38-,43+,49+/m1/s1. The number of fused-ring (bicyclic) bond motifs is 5. The summed E-state index contributed by atoms with van der Waals surface area (Å²) < 4.78 is 12.3. The summed E-state index contributed by atoms with van der Waals surface area (Å²) >= 11 is 0. The van der Waals surface area contributed by atoms with Gasteiger partial charge in [0.25, 0.3) is 0 Å². The van der Waals surface area contributed by atoms with Crippen molar-refractivity contribution in [1.29, 1.82) is 5.26 Å². The lowest BCUT2D eigenvalue weighted by molar-refractivity contribution is -0.142. The average molecular weight is 886 g/mol. The van der Waals surface area contributed by atoms with Gasteiger partial charge in [0.05, 0.1) is 17.8 Å². The first kappa shape index (κ1) is 49.7. The van der Waals surface area contributed by atoms with Crippen LogP contribution in [0.1, 0.15) is 97.6 Å². The Labute approximate surface area is 382 Å². The molecule has 0 fully saturated rings. The third-order valence-corrected chi connectivity index (χ3v) is 11.8. The first-order valence-electron chi connectivity index (χ1n) is 22.6. The zero-order chi connectivity index (χ0) is 47.0. The van der Waals surface area contributed by atoms with Gasteiger partial charge < -0.3 is 36.9 Å². The second-order valence-corrected chi connectivity index (χ2v) is 16.7. The van der Waals surface area contributed by atoms with Crippen molar-refractivity contribution in [1.82, 2.24) is 15.2 Å². The lowest BCUT2D eigenvalue weighted by Gasteiger charge is -2.32. The Bertz CT molecular complexity index is 2360. The molecule has 65 heavy (non-hydrogen) atoms. The van der Waals surface area contributed by atoms with Crippen LogP contribution in [0.2, 0.25) is 0 Å². The number of aryl methyl sites for hydroxylation is 2. The van der Waals surface area contributed by atoms with Crippen LogP contribution in [-0.4, -0.2) is 85.0 Å². The lowest BCUT2D eigenvalue weighted by Crippen LogP contribution is -2.46. The second-order valence-electron chi connectivity index (χ2n) is 16.7. The highest BCUT2D eigenvalue weighted by molar-refractivity contribution is 6.01. The van der Waals surface area contributed by atoms with E-state index in [-0.39, 0.29) is 82.9 Å². The number of amides is 2. The van der Waals surface area contributed by atoms with E-state index in [1.165, 1.54) is 17.5 Å². The van der Waals surface area contributed by atoms with Crippen molar-refractivity contribution in [3.8, 4) is 40.0 Å². The Morgan fingerprint density at radius 1 is 0.908 bits per heavy atom. The molecule has 0 radical (unpaired) electrons. The zero-order valence-corrected chi connectivity index (χ0v) is 38.1. The number of hydrogen-bond donors (Lipinski definition) is 4. The minimum atomic E-state index is -1.22. The van der Waals surface area contributed by atoms with E-state index in [2.05, 4.69) is 24.4 Å². The van der Waals surface area contributed by atoms with Crippen LogP contribution >= 0.6 is 0 Å². The minimum Gasteiger partial charge on any atom is -0.492 e. The van der Waals surface area contributed by atoms with Crippen molar-refractivity contribution < 1.29 is 33.4 Å². The van der Waals surface area contributed by atoms with E-state index < -0.39 is 41.5 Å². The molecule has 2 heterocycles. The summed E-state index contributed by atoms with van der Waals surface area (Å²) in [7, 11) is 1.51. The van der Waals surface area contributed by atoms with Gasteiger partial charge in [0.2, 0.25) is 11.8 Å². The Morgan fingerprint density at radius 2 is 1.58 bits per heavy atom. The first-order chi connectivity index (χ1) is 31.3. The lowest BCUT2D eigenvalue weighted by atomic mass is 9.88. The van der Waals surface area contributed by atoms with Crippen LogP contribution in [0.3, 0.4) is 0 Å². The number of nitrogens with one attached hydrogen (secondary N) is 1. The van der Waals surface area contributed by atoms with Gasteiger partial charge in [0.15, 0.2) is 17.3 Å². The van der Waals surface area contributed by atoms with E-state index in [9.17, 15) is 29.2 Å². The molecule has 3 aromatic carbocycles. The molecular formula is C51H63N7O7. The number of nitrogens with zero attached hydrogens (tertiary/aromatic N) is 3. The van der Waals surface area contributed by atoms with Crippen molar-refractivity contribution in [2.45, 2.75) is 90.6 Å². The highest BCUT2D eigenvalue weighted by Gasteiger charge is 2.36. The van der Waals surface area contributed by atoms with Gasteiger partial charge in [-0.25, -0.2) is 0 Å². The number of carbonyl (C=O) groups is 5. The fraction of sp³-hybridized carbons (Fsp3) is 0.431. The van der Waals surface area contributed by atoms with Crippen LogP contribution in [0.5, 0.6) is 11.5 Å². The number of aromatic nitrogens is 1. The first-order valence-corrected chi connectivity index (χ1v) is 22.6. The molecule has 14 heteroatoms. The summed E-state index contributed by atoms with van der Waals surface area (Å²) in [5.41, 5.74) is 23.8. The maximum atomic E-state index is 14.7. The SMILES string of the molecule is CCCCc1ccc(-c2ccc(C(=O)C[C@@H](CCN)C(=O)N(C)[C@@H]3C(=O)C[C@@H](C)C(=O)N[C@H](C(=O)CCC#N)Cc4ccc(OCCN)c(c4)-c4cc3ccc4OCCN)c(C)n2)cc1. The number of pyridine rings is 1. The summed E-state index contributed by atoms with van der Waals surface area (Å²) in [5, 5.41) is 12.1. The van der Waals surface area contributed by atoms with Crippen LogP contribution in [0.25, 0.3) is 22.4 Å². The maximum absolute atomic E-state index is 14.7. The summed E-state index contributed by atoms with van der Waals surface area (Å²) in [6.07, 6.45) is 2.94. The number of likely N-dealkylation sites (N-methyl/N-ethyl adjacent to an activating group) is 1. The van der Waals surface area contributed by atoms with Crippen molar-refractivity contribution >= 4 is 29.2 Å². The molecule has 14 nitrogen and oxygen atoms in total. The highest BCUT2D eigenvalue weighted by atomic mass is 16.5. The average Bonchev–Trinajstić information content (AvgIpc) is 3.30. The maximum Gasteiger partial charge on any atom is 0.226 e. The van der Waals surface area contributed by atoms with Gasteiger partial charge in [0, 0.05) is 85.6 Å². The van der Waals surface area contributed by atoms with Crippen LogP contribution < -0.4 is 32.0 Å². The normalized spacial score (nSPS) is 16.7. The van der Waals surface area contributed by atoms with Gasteiger partial charge in [-0.2, -0.15) is 5.26 Å². The van der Waals surface area contributed by atoms with E-state index in [4.69, 9.17) is 31.7 Å². The number of rotatable bonds is 20. The van der Waals surface area contributed by atoms with Gasteiger partial charge in [-0.15, -0.1) is 0 Å². The number of ketones is 3. The van der Waals surface area contributed by atoms with Crippen molar-refractivity contribution in [2.24, 2.45) is 29.0 Å². The van der Waals surface area contributed by atoms with E-state index in [1.54, 1.807) is 50.2 Å². The molecule has 1 aromatic heterocycles. The zero-order valence-electron chi connectivity index (χ0n) is 38.1. The number of nitriles is 1. The number of nitrogens with two attached hydrogens (primary N) is 3. The third-order valence-electron chi connectivity index (χ3n) is 11.8. The fourth-order valence-corrected chi connectivity index (χ4v) is 8.21. The highest BCUT2D eigenvalue weighted by Crippen LogP contribution is 2.41. The summed E-state index contributed by atoms with van der Waals surface area (Å²) in [6, 6.07) is 22.1. The molecule has 0 aliphatic carbocycles. The molecule has 344 valence electrons. The number of unbranched alkanes of at least 4 members (excludes halogenated alkanes) is 1. The molecule has 0 unspecified atom stereocenters. The Kier molecular flexibility index (Phi) is 18.5. The molecule has 4 atom stereocenters. The van der Waals surface area contributed by atoms with Crippen molar-refractivity contribution in [3.05, 3.63) is 101 Å². The van der Waals surface area contributed by atoms with E-state index in [0.29, 0.717) is 45.0 Å². The van der Waals surface area contributed by atoms with Gasteiger partial charge in [-0.05, 0) is 92.2 Å². The Hall–Kier alpha value is -6.27. The summed E-state index contributed by atoms with van der Waals surface area (Å²) in [5.74, 6) is -3.01. The Balaban J connectivity index is 1.54. The van der Waals surface area contributed by atoms with Crippen LogP contribution in [0.4, 0.5) is 0 Å². The predicted molar refractivity (Wildman–Crippen MR) is 250 cm³/mol. The monoisotopic (exact) mass is 885 g/mol. The smallest absolute Gasteiger partial charge is 0.226 e. The molecule has 2 amide bonds. The Morgan fingerprint density at radius 3 is 2.22 bits per heavy atom. The molecule has 0 saturated carbocycles. The number of ether oxygens (including phenoxy) is 2. The largest absolute Gasteiger partial charge is 0.492 e. The van der Waals surface area contributed by atoms with Crippen molar-refractivity contribution in [3.63, 3.8) is 0 Å². The van der Waals surface area contributed by atoms with E-state index in [1.807, 2.05) is 30.3 Å². The third kappa shape index (κ3) is 12.9. The molecule has 1 aliphatic heterocycles. The molecule has 1 aliphatic rings. The van der Waals surface area contributed by atoms with Gasteiger partial charge in [-0.3, -0.25) is 29.0 Å². The van der Waals surface area contributed by atoms with Crippen LogP contribution in [-0.2, 0) is 32.0 Å². The molecule has 4 bridgehead atoms. The summed E-state index contributed by atoms with van der Waals surface area (Å²) in [6.45, 7) is 6.42. The van der Waals surface area contributed by atoms with E-state index in [0.717, 1.165) is 30.5 Å². The molecular weight excluding hydrogens is 823 g/mol. The topological polar surface area (TPSA) is 234 Å². The molecule has 0 saturated heterocycles.